The number of benzene rings is 1. The second-order valence-corrected chi connectivity index (χ2v) is 4.13. The number of rotatable bonds is 3. The summed E-state index contributed by atoms with van der Waals surface area (Å²) in [6.07, 6.45) is 2.04. The maximum absolute atomic E-state index is 13.7. The highest BCUT2D eigenvalue weighted by Crippen LogP contribution is 2.21. The lowest BCUT2D eigenvalue weighted by atomic mass is 10.1. The van der Waals surface area contributed by atoms with Crippen LogP contribution in [0.1, 0.15) is 18.9 Å². The van der Waals surface area contributed by atoms with Gasteiger partial charge in [0.15, 0.2) is 0 Å². The Morgan fingerprint density at radius 2 is 2.33 bits per heavy atom. The van der Waals surface area contributed by atoms with Crippen LogP contribution in [0.4, 0.5) is 4.39 Å². The molecule has 0 fully saturated rings. The van der Waals surface area contributed by atoms with Gasteiger partial charge in [-0.2, -0.15) is 0 Å². The van der Waals surface area contributed by atoms with Crippen molar-refractivity contribution < 1.29 is 13.9 Å². The number of carbonyl (C=O) groups excluding carboxylic acids is 1. The molecular formula is C13H11ClFNO2. The molecule has 0 unspecified atom stereocenters. The predicted molar refractivity (Wildman–Crippen MR) is 67.3 cm³/mol. The molecular weight excluding hydrogens is 257 g/mol. The molecule has 1 aromatic carbocycles. The van der Waals surface area contributed by atoms with Gasteiger partial charge >= 0.3 is 5.97 Å². The lowest BCUT2D eigenvalue weighted by Crippen LogP contribution is -2.05. The Hall–Kier alpha value is -1.68. The van der Waals surface area contributed by atoms with E-state index in [1.807, 2.05) is 0 Å². The summed E-state index contributed by atoms with van der Waals surface area (Å²) in [7, 11) is 0. The van der Waals surface area contributed by atoms with Crippen LogP contribution in [0, 0.1) is 5.82 Å². The summed E-state index contributed by atoms with van der Waals surface area (Å²) < 4.78 is 18.5. The molecule has 3 nitrogen and oxygen atoms in total. The summed E-state index contributed by atoms with van der Waals surface area (Å²) in [5.41, 5.74) is 1.09. The van der Waals surface area contributed by atoms with Crippen molar-refractivity contribution in [3.63, 3.8) is 0 Å². The molecule has 1 heterocycles. The monoisotopic (exact) mass is 267 g/mol. The molecule has 0 aromatic heterocycles. The molecule has 0 atom stereocenters. The van der Waals surface area contributed by atoms with Crippen molar-refractivity contribution in [3.8, 4) is 0 Å². The Morgan fingerprint density at radius 3 is 3.00 bits per heavy atom. The normalized spacial score (nSPS) is 14.2. The molecule has 5 heteroatoms. The highest BCUT2D eigenvalue weighted by molar-refractivity contribution is 6.30. The van der Waals surface area contributed by atoms with Crippen LogP contribution in [0.2, 0.25) is 5.02 Å². The van der Waals surface area contributed by atoms with E-state index in [1.54, 1.807) is 25.1 Å². The van der Waals surface area contributed by atoms with E-state index in [-0.39, 0.29) is 12.3 Å². The Balaban J connectivity index is 2.22. The van der Waals surface area contributed by atoms with E-state index in [0.717, 1.165) is 0 Å². The number of hydrogen-bond donors (Lipinski definition) is 0. The van der Waals surface area contributed by atoms with Gasteiger partial charge in [0, 0.05) is 17.0 Å². The van der Waals surface area contributed by atoms with Crippen LogP contribution >= 0.6 is 11.6 Å². The van der Waals surface area contributed by atoms with Gasteiger partial charge in [0.2, 0.25) is 0 Å². The molecule has 0 aliphatic carbocycles. The molecule has 0 saturated carbocycles. The van der Waals surface area contributed by atoms with Crippen molar-refractivity contribution in [3.05, 3.63) is 46.4 Å². The van der Waals surface area contributed by atoms with E-state index in [4.69, 9.17) is 16.3 Å². The van der Waals surface area contributed by atoms with E-state index >= 15 is 0 Å². The fraction of sp³-hybridized carbons (Fsp3) is 0.231. The Morgan fingerprint density at radius 1 is 1.56 bits per heavy atom. The zero-order valence-corrected chi connectivity index (χ0v) is 10.5. The van der Waals surface area contributed by atoms with Gasteiger partial charge in [0.25, 0.3) is 0 Å². The summed E-state index contributed by atoms with van der Waals surface area (Å²) in [4.78, 5) is 15.5. The van der Waals surface area contributed by atoms with Crippen LogP contribution in [0.3, 0.4) is 0 Å². The molecule has 0 radical (unpaired) electrons. The second kappa shape index (κ2) is 5.31. The average Bonchev–Trinajstić information content (AvgIpc) is 2.78. The first-order valence-corrected chi connectivity index (χ1v) is 5.90. The maximum atomic E-state index is 13.7. The van der Waals surface area contributed by atoms with Crippen LogP contribution in [-0.4, -0.2) is 18.3 Å². The maximum Gasteiger partial charge on any atom is 0.356 e. The summed E-state index contributed by atoms with van der Waals surface area (Å²) in [5.74, 6) is -0.929. The lowest BCUT2D eigenvalue weighted by Gasteiger charge is -2.03. The molecule has 0 amide bonds. The van der Waals surface area contributed by atoms with Crippen LogP contribution in [-0.2, 0) is 9.53 Å². The summed E-state index contributed by atoms with van der Waals surface area (Å²) in [5, 5.41) is 0.327. The zero-order chi connectivity index (χ0) is 13.1. The number of allylic oxidation sites excluding steroid dienone is 1. The third-order valence-electron chi connectivity index (χ3n) is 2.47. The van der Waals surface area contributed by atoms with Crippen molar-refractivity contribution in [1.29, 1.82) is 0 Å². The molecule has 1 aromatic rings. The topological polar surface area (TPSA) is 38.7 Å². The third-order valence-corrected chi connectivity index (χ3v) is 2.71. The van der Waals surface area contributed by atoms with Gasteiger partial charge in [0.1, 0.15) is 11.5 Å². The van der Waals surface area contributed by atoms with Crippen molar-refractivity contribution in [1.82, 2.24) is 0 Å². The standard InChI is InChI=1S/C13H11ClFNO2/c1-2-18-13(17)12-6-5-11(16-12)9-4-3-8(14)7-10(9)15/h3-4,6-7H,2,5H2,1H3. The first-order chi connectivity index (χ1) is 8.61. The third kappa shape index (κ3) is 2.59. The van der Waals surface area contributed by atoms with Crippen LogP contribution in [0.25, 0.3) is 0 Å². The lowest BCUT2D eigenvalue weighted by molar-refractivity contribution is -0.138. The van der Waals surface area contributed by atoms with Crippen molar-refractivity contribution in [2.24, 2.45) is 4.99 Å². The minimum absolute atomic E-state index is 0.223. The quantitative estimate of drug-likeness (QED) is 0.789. The van der Waals surface area contributed by atoms with Gasteiger partial charge in [-0.3, -0.25) is 0 Å². The number of hydrogen-bond acceptors (Lipinski definition) is 3. The van der Waals surface area contributed by atoms with E-state index in [0.29, 0.717) is 22.7 Å². The van der Waals surface area contributed by atoms with Crippen LogP contribution < -0.4 is 0 Å². The Labute approximate surface area is 109 Å². The molecule has 0 saturated heterocycles. The van der Waals surface area contributed by atoms with Crippen LogP contribution in [0.15, 0.2) is 35.0 Å². The number of carbonyl (C=O) groups is 1. The minimum atomic E-state index is -0.484. The minimum Gasteiger partial charge on any atom is -0.461 e. The van der Waals surface area contributed by atoms with E-state index in [9.17, 15) is 9.18 Å². The number of halogens is 2. The first kappa shape index (κ1) is 12.8. The van der Waals surface area contributed by atoms with Gasteiger partial charge in [-0.1, -0.05) is 11.6 Å². The fourth-order valence-corrected chi connectivity index (χ4v) is 1.82. The number of ether oxygens (including phenoxy) is 1. The van der Waals surface area contributed by atoms with E-state index < -0.39 is 11.8 Å². The van der Waals surface area contributed by atoms with Crippen LogP contribution in [0.5, 0.6) is 0 Å². The zero-order valence-electron chi connectivity index (χ0n) is 9.74. The molecule has 2 rings (SSSR count). The SMILES string of the molecule is CCOC(=O)C1=CCC(c2ccc(Cl)cc2F)=N1. The van der Waals surface area contributed by atoms with Crippen molar-refractivity contribution in [2.45, 2.75) is 13.3 Å². The summed E-state index contributed by atoms with van der Waals surface area (Å²) in [6, 6.07) is 4.37. The number of nitrogens with zero attached hydrogens (tertiary/aromatic N) is 1. The summed E-state index contributed by atoms with van der Waals surface area (Å²) >= 11 is 5.68. The van der Waals surface area contributed by atoms with E-state index in [2.05, 4.69) is 4.99 Å². The average molecular weight is 268 g/mol. The Kier molecular flexibility index (Phi) is 3.77. The van der Waals surface area contributed by atoms with Crippen molar-refractivity contribution >= 4 is 23.3 Å². The fourth-order valence-electron chi connectivity index (χ4n) is 1.66. The van der Waals surface area contributed by atoms with Gasteiger partial charge in [-0.15, -0.1) is 0 Å². The molecule has 0 spiro atoms. The number of aliphatic imine (C=N–C) groups is 1. The van der Waals surface area contributed by atoms with Gasteiger partial charge < -0.3 is 4.74 Å². The van der Waals surface area contributed by atoms with E-state index in [1.165, 1.54) is 6.07 Å². The second-order valence-electron chi connectivity index (χ2n) is 3.70. The first-order valence-electron chi connectivity index (χ1n) is 5.52. The molecule has 0 N–H and O–H groups in total. The van der Waals surface area contributed by atoms with Gasteiger partial charge in [0.05, 0.1) is 12.3 Å². The highest BCUT2D eigenvalue weighted by atomic mass is 35.5. The smallest absolute Gasteiger partial charge is 0.356 e. The molecule has 18 heavy (non-hydrogen) atoms. The van der Waals surface area contributed by atoms with Gasteiger partial charge in [-0.25, -0.2) is 14.2 Å². The highest BCUT2D eigenvalue weighted by Gasteiger charge is 2.19. The van der Waals surface area contributed by atoms with Crippen molar-refractivity contribution in [2.75, 3.05) is 6.61 Å². The molecule has 1 aliphatic heterocycles. The largest absolute Gasteiger partial charge is 0.461 e. The molecule has 94 valence electrons. The summed E-state index contributed by atoms with van der Waals surface area (Å²) in [6.45, 7) is 2.01. The van der Waals surface area contributed by atoms with Gasteiger partial charge in [-0.05, 0) is 31.2 Å². The Bertz CT molecular complexity index is 552. The number of esters is 1. The predicted octanol–water partition coefficient (Wildman–Crippen LogP) is 3.12. The molecule has 0 bridgehead atoms. The molecule has 1 aliphatic rings.